The quantitative estimate of drug-likeness (QED) is 0.178. The van der Waals surface area contributed by atoms with Gasteiger partial charge in [-0.2, -0.15) is 0 Å². The maximum atomic E-state index is 9.99. The molecule has 10 rings (SSSR count). The van der Waals surface area contributed by atoms with Crippen LogP contribution in [0.2, 0.25) is 0 Å². The van der Waals surface area contributed by atoms with Crippen molar-refractivity contribution in [1.29, 1.82) is 0 Å². The molecular formula is C51H36N2. The summed E-state index contributed by atoms with van der Waals surface area (Å²) in [5.41, 5.74) is -17.3. The first-order chi connectivity index (χ1) is 41.0. The van der Waals surface area contributed by atoms with E-state index in [4.69, 9.17) is 34.3 Å². The summed E-state index contributed by atoms with van der Waals surface area (Å²) in [6, 6.07) is -33.3. The van der Waals surface area contributed by atoms with Gasteiger partial charge in [0.15, 0.2) is 5.82 Å². The fourth-order valence-corrected chi connectivity index (χ4v) is 5.85. The molecule has 2 heteroatoms. The van der Waals surface area contributed by atoms with Crippen LogP contribution >= 0.6 is 0 Å². The Balaban J connectivity index is 1.42. The summed E-state index contributed by atoms with van der Waals surface area (Å²) in [5, 5.41) is -3.60. The van der Waals surface area contributed by atoms with Crippen molar-refractivity contribution in [1.82, 2.24) is 9.97 Å². The monoisotopic (exact) mass is 713 g/mol. The topological polar surface area (TPSA) is 25.8 Å². The predicted octanol–water partition coefficient (Wildman–Crippen LogP) is 13.4. The van der Waals surface area contributed by atoms with Gasteiger partial charge in [0.05, 0.1) is 52.5 Å². The Bertz CT molecular complexity index is 4740. The second kappa shape index (κ2) is 12.3. The minimum atomic E-state index is -4.02. The van der Waals surface area contributed by atoms with Crippen molar-refractivity contribution < 1.29 is 49.3 Å². The average molecular weight is 713 g/mol. The standard InChI is InChI=1S/C51H36N2/c1-51(2)46-31-38(24-25-43(46)45-29-36-18-9-10-19-37(36)30-47(45)51)40-26-27-44(42-23-12-11-22-41(40)42)49-32-48(52-50(53-49)34-16-7-4-8-17-34)39-21-13-20-35(28-39)33-14-5-3-6-15-33/h3-32H,1-2H3/i1D3,2D3,3D,4D,5D,6D,7D,8D,9D,10D,11D,12D,13D,14D,15D,16D,17D,18D,19D,20D,21D,22D,23D,24D,25D,26D,27D,28D,29D,30D,31D,32D. The van der Waals surface area contributed by atoms with Crippen LogP contribution in [0.5, 0.6) is 0 Å². The zero-order valence-corrected chi connectivity index (χ0v) is 26.4. The van der Waals surface area contributed by atoms with Crippen molar-refractivity contribution in [3.63, 3.8) is 0 Å². The molecule has 1 aliphatic carbocycles. The van der Waals surface area contributed by atoms with Crippen LogP contribution in [0.4, 0.5) is 0 Å². The lowest BCUT2D eigenvalue weighted by molar-refractivity contribution is 0.661. The van der Waals surface area contributed by atoms with Gasteiger partial charge < -0.3 is 0 Å². The van der Waals surface area contributed by atoms with Crippen LogP contribution in [0.1, 0.15) is 74.2 Å². The second-order valence-corrected chi connectivity index (χ2v) is 11.4. The fourth-order valence-electron chi connectivity index (χ4n) is 5.85. The van der Waals surface area contributed by atoms with E-state index in [1.165, 1.54) is 0 Å². The minimum Gasteiger partial charge on any atom is -0.228 e. The molecule has 0 spiro atoms. The zero-order valence-electron chi connectivity index (χ0n) is 62.4. The number of nitrogens with zero attached hydrogens (tertiary/aromatic N) is 2. The van der Waals surface area contributed by atoms with Gasteiger partial charge in [-0.3, -0.25) is 0 Å². The summed E-state index contributed by atoms with van der Waals surface area (Å²) in [5.74, 6) is -1.05. The number of hydrogen-bond donors (Lipinski definition) is 0. The van der Waals surface area contributed by atoms with Crippen LogP contribution < -0.4 is 0 Å². The third-order valence-corrected chi connectivity index (χ3v) is 8.24. The highest BCUT2D eigenvalue weighted by Crippen LogP contribution is 2.51. The normalized spacial score (nSPS) is 22.9. The van der Waals surface area contributed by atoms with Gasteiger partial charge in [0.1, 0.15) is 0 Å². The third kappa shape index (κ3) is 5.26. The van der Waals surface area contributed by atoms with Crippen LogP contribution in [-0.4, -0.2) is 9.97 Å². The highest BCUT2D eigenvalue weighted by atomic mass is 14.9. The van der Waals surface area contributed by atoms with E-state index >= 15 is 0 Å². The predicted molar refractivity (Wildman–Crippen MR) is 222 cm³/mol. The first-order valence-corrected chi connectivity index (χ1v) is 15.4. The SMILES string of the molecule is [2H]c1c(-c2c([2H])c([2H])c([2H])c(-c3c([2H])c([2H])c([2H])c([2H])c3[2H])c2[2H])nc(-c2c([2H])c([2H])c([2H])c([2H])c2[2H])nc1-c1c([2H])c([2H])c(-c2c([2H])c([2H])c3c(c2[2H])C(C([2H])([2H])[2H])(C([2H])([2H])[2H])c2c-3c([2H])c3c([2H])c([2H])c([2H])c([2H])c3c2[2H])c2c([2H])c([2H])c([2H])c([2H])c12. The number of benzene rings is 8. The van der Waals surface area contributed by atoms with E-state index in [2.05, 4.69) is 9.97 Å². The third-order valence-electron chi connectivity index (χ3n) is 8.24. The number of rotatable bonds is 5. The summed E-state index contributed by atoms with van der Waals surface area (Å²) in [4.78, 5) is 8.60. The molecule has 2 nitrogen and oxygen atoms in total. The van der Waals surface area contributed by atoms with Gasteiger partial charge in [-0.15, -0.1) is 0 Å². The van der Waals surface area contributed by atoms with Crippen LogP contribution in [-0.2, 0) is 5.41 Å². The van der Waals surface area contributed by atoms with Crippen molar-refractivity contribution in [2.75, 3.05) is 0 Å². The van der Waals surface area contributed by atoms with Gasteiger partial charge in [-0.1, -0.05) is 165 Å². The van der Waals surface area contributed by atoms with Crippen LogP contribution in [0, 0.1) is 0 Å². The molecule has 9 aromatic rings. The van der Waals surface area contributed by atoms with E-state index in [0.717, 1.165) is 0 Å². The van der Waals surface area contributed by atoms with Crippen LogP contribution in [0.3, 0.4) is 0 Å². The van der Waals surface area contributed by atoms with E-state index in [-0.39, 0.29) is 0 Å². The Morgan fingerprint density at radius 3 is 1.75 bits per heavy atom. The molecule has 0 N–H and O–H groups in total. The maximum absolute atomic E-state index is 9.99. The van der Waals surface area contributed by atoms with Gasteiger partial charge in [-0.05, 0) is 96.3 Å². The first-order valence-electron chi connectivity index (χ1n) is 33.4. The molecule has 0 fully saturated rings. The van der Waals surface area contributed by atoms with Gasteiger partial charge in [0, 0.05) is 30.3 Å². The highest BCUT2D eigenvalue weighted by Gasteiger charge is 2.36. The minimum absolute atomic E-state index is 0.749. The molecule has 0 bridgehead atoms. The second-order valence-electron chi connectivity index (χ2n) is 11.4. The summed E-state index contributed by atoms with van der Waals surface area (Å²) < 4.78 is 324. The van der Waals surface area contributed by atoms with Crippen LogP contribution in [0.15, 0.2) is 181 Å². The molecule has 0 radical (unpaired) electrons. The van der Waals surface area contributed by atoms with E-state index in [1.807, 2.05) is 0 Å². The molecule has 1 aromatic heterocycles. The lowest BCUT2D eigenvalue weighted by Gasteiger charge is -2.22. The number of fused-ring (bicyclic) bond motifs is 5. The maximum Gasteiger partial charge on any atom is 0.160 e. The zero-order chi connectivity index (χ0) is 66.6. The Morgan fingerprint density at radius 1 is 0.396 bits per heavy atom. The molecule has 0 saturated heterocycles. The average Bonchev–Trinajstić information content (AvgIpc) is 1.52. The largest absolute Gasteiger partial charge is 0.228 e. The molecule has 1 aliphatic rings. The summed E-state index contributed by atoms with van der Waals surface area (Å²) in [7, 11) is 0. The molecule has 1 heterocycles. The van der Waals surface area contributed by atoms with Crippen molar-refractivity contribution >= 4 is 21.5 Å². The molecule has 0 atom stereocenters. The van der Waals surface area contributed by atoms with Crippen molar-refractivity contribution in [3.05, 3.63) is 192 Å². The van der Waals surface area contributed by atoms with E-state index < -0.39 is 300 Å². The number of aromatic nitrogens is 2. The highest BCUT2D eigenvalue weighted by molar-refractivity contribution is 6.05. The molecular weight excluding hydrogens is 641 g/mol. The van der Waals surface area contributed by atoms with Gasteiger partial charge in [-0.25, -0.2) is 9.97 Å². The van der Waals surface area contributed by atoms with E-state index in [9.17, 15) is 15.1 Å². The molecule has 250 valence electrons. The Morgan fingerprint density at radius 2 is 0.981 bits per heavy atom. The summed E-state index contributed by atoms with van der Waals surface area (Å²) >= 11 is 0. The first kappa shape index (κ1) is 11.4. The molecule has 53 heavy (non-hydrogen) atoms. The molecule has 0 unspecified atom stereocenters. The van der Waals surface area contributed by atoms with Crippen molar-refractivity contribution in [2.24, 2.45) is 0 Å². The van der Waals surface area contributed by atoms with Gasteiger partial charge in [0.2, 0.25) is 0 Å². The van der Waals surface area contributed by atoms with Crippen molar-refractivity contribution in [3.8, 4) is 67.3 Å². The fraction of sp³-hybridized carbons (Fsp3) is 0.0588. The summed E-state index contributed by atoms with van der Waals surface area (Å²) in [6.07, 6.45) is 0. The number of hydrogen-bond acceptors (Lipinski definition) is 2. The lowest BCUT2D eigenvalue weighted by Crippen LogP contribution is -2.15. The van der Waals surface area contributed by atoms with Crippen molar-refractivity contribution in [2.45, 2.75) is 19.1 Å². The van der Waals surface area contributed by atoms with Gasteiger partial charge in [0.25, 0.3) is 0 Å². The summed E-state index contributed by atoms with van der Waals surface area (Å²) in [6.45, 7) is -8.05. The molecule has 0 aliphatic heterocycles. The smallest absolute Gasteiger partial charge is 0.160 e. The molecule has 8 aromatic carbocycles. The van der Waals surface area contributed by atoms with E-state index in [1.54, 1.807) is 0 Å². The Kier molecular flexibility index (Phi) is 2.64. The van der Waals surface area contributed by atoms with Crippen LogP contribution in [0.25, 0.3) is 88.8 Å². The molecule has 0 saturated carbocycles. The molecule has 0 amide bonds. The van der Waals surface area contributed by atoms with E-state index in [0.29, 0.717) is 0 Å². The lowest BCUT2D eigenvalue weighted by atomic mass is 9.81. The Labute approximate surface area is 360 Å². The Hall–Kier alpha value is -6.64. The van der Waals surface area contributed by atoms with Gasteiger partial charge >= 0.3 is 0 Å².